The van der Waals surface area contributed by atoms with Crippen LogP contribution in [0.15, 0.2) is 12.3 Å². The minimum Gasteiger partial charge on any atom is -0.313 e. The lowest BCUT2D eigenvalue weighted by molar-refractivity contribution is 0.0422. The number of thioether (sulfide) groups is 1. The van der Waals surface area contributed by atoms with Gasteiger partial charge < -0.3 is 5.01 Å². The molecule has 0 aromatic carbocycles. The van der Waals surface area contributed by atoms with Crippen molar-refractivity contribution in [3.05, 3.63) is 12.3 Å². The van der Waals surface area contributed by atoms with Gasteiger partial charge in [0.1, 0.15) is 0 Å². The highest BCUT2D eigenvalue weighted by Gasteiger charge is 2.16. The Balaban J connectivity index is 1.87. The molecule has 0 radical (unpaired) electrons. The summed E-state index contributed by atoms with van der Waals surface area (Å²) in [5.74, 6) is 2.59. The van der Waals surface area contributed by atoms with Crippen molar-refractivity contribution >= 4 is 11.8 Å². The summed E-state index contributed by atoms with van der Waals surface area (Å²) in [6, 6.07) is 0. The van der Waals surface area contributed by atoms with Gasteiger partial charge in [0, 0.05) is 37.3 Å². The van der Waals surface area contributed by atoms with Crippen molar-refractivity contribution in [1.29, 1.82) is 0 Å². The molecule has 0 N–H and O–H groups in total. The van der Waals surface area contributed by atoms with Crippen LogP contribution in [0.4, 0.5) is 0 Å². The van der Waals surface area contributed by atoms with Crippen LogP contribution < -0.4 is 0 Å². The molecule has 0 bridgehead atoms. The molecule has 3 heteroatoms. The fourth-order valence-electron chi connectivity index (χ4n) is 1.52. The van der Waals surface area contributed by atoms with Gasteiger partial charge in [-0.15, -0.1) is 0 Å². The maximum absolute atomic E-state index is 2.46. The first-order chi connectivity index (χ1) is 5.47. The summed E-state index contributed by atoms with van der Waals surface area (Å²) in [7, 11) is 0. The van der Waals surface area contributed by atoms with E-state index in [2.05, 4.69) is 34.1 Å². The third kappa shape index (κ3) is 1.71. The number of rotatable bonds is 1. The summed E-state index contributed by atoms with van der Waals surface area (Å²) in [6.45, 7) is 3.66. The van der Waals surface area contributed by atoms with Crippen LogP contribution in [0.5, 0.6) is 0 Å². The third-order valence-electron chi connectivity index (χ3n) is 2.15. The van der Waals surface area contributed by atoms with Crippen LogP contribution >= 0.6 is 11.8 Å². The summed E-state index contributed by atoms with van der Waals surface area (Å²) >= 11 is 2.07. The van der Waals surface area contributed by atoms with Gasteiger partial charge in [0.15, 0.2) is 0 Å². The summed E-state index contributed by atoms with van der Waals surface area (Å²) < 4.78 is 0. The zero-order valence-electron chi connectivity index (χ0n) is 6.70. The van der Waals surface area contributed by atoms with Crippen LogP contribution in [0.2, 0.25) is 0 Å². The van der Waals surface area contributed by atoms with Gasteiger partial charge >= 0.3 is 0 Å². The molecule has 0 atom stereocenters. The molecule has 2 aliphatic rings. The molecule has 2 nitrogen and oxygen atoms in total. The minimum absolute atomic E-state index is 1.20. The van der Waals surface area contributed by atoms with Crippen molar-refractivity contribution in [2.75, 3.05) is 31.1 Å². The molecule has 11 heavy (non-hydrogen) atoms. The summed E-state index contributed by atoms with van der Waals surface area (Å²) in [5, 5.41) is 4.82. The van der Waals surface area contributed by atoms with Crippen molar-refractivity contribution < 1.29 is 0 Å². The third-order valence-corrected chi connectivity index (χ3v) is 3.10. The fraction of sp³-hybridized carbons (Fsp3) is 0.750. The smallest absolute Gasteiger partial charge is 0.0375 e. The highest BCUT2D eigenvalue weighted by molar-refractivity contribution is 7.99. The van der Waals surface area contributed by atoms with E-state index in [0.29, 0.717) is 0 Å². The second-order valence-corrected chi connectivity index (χ2v) is 4.13. The number of hydrogen-bond acceptors (Lipinski definition) is 3. The Hall–Kier alpha value is -0.150. The Morgan fingerprint density at radius 1 is 1.09 bits per heavy atom. The van der Waals surface area contributed by atoms with Crippen LogP contribution in [0.25, 0.3) is 0 Å². The monoisotopic (exact) mass is 170 g/mol. The predicted molar refractivity (Wildman–Crippen MR) is 49.4 cm³/mol. The lowest BCUT2D eigenvalue weighted by Gasteiger charge is -2.34. The van der Waals surface area contributed by atoms with Gasteiger partial charge in [-0.3, -0.25) is 0 Å². The first-order valence-corrected chi connectivity index (χ1v) is 5.38. The minimum atomic E-state index is 1.20. The Morgan fingerprint density at radius 2 is 1.91 bits per heavy atom. The lowest BCUT2D eigenvalue weighted by atomic mass is 10.5. The van der Waals surface area contributed by atoms with Gasteiger partial charge in [0.2, 0.25) is 0 Å². The van der Waals surface area contributed by atoms with Crippen LogP contribution in [0.3, 0.4) is 0 Å². The van der Waals surface area contributed by atoms with E-state index in [4.69, 9.17) is 0 Å². The first-order valence-electron chi connectivity index (χ1n) is 4.23. The van der Waals surface area contributed by atoms with E-state index >= 15 is 0 Å². The van der Waals surface area contributed by atoms with Gasteiger partial charge in [0.05, 0.1) is 0 Å². The summed E-state index contributed by atoms with van der Waals surface area (Å²) in [4.78, 5) is 0. The molecule has 2 heterocycles. The highest BCUT2D eigenvalue weighted by Crippen LogP contribution is 2.14. The average molecular weight is 170 g/mol. The molecule has 0 saturated carbocycles. The molecule has 0 aromatic heterocycles. The van der Waals surface area contributed by atoms with Crippen LogP contribution in [-0.2, 0) is 0 Å². The topological polar surface area (TPSA) is 6.48 Å². The number of nitrogens with zero attached hydrogens (tertiary/aromatic N) is 2. The Morgan fingerprint density at radius 3 is 2.55 bits per heavy atom. The number of hydrogen-bond donors (Lipinski definition) is 0. The fourth-order valence-corrected chi connectivity index (χ4v) is 2.41. The zero-order valence-corrected chi connectivity index (χ0v) is 7.52. The number of hydrazine groups is 1. The first kappa shape index (κ1) is 7.50. The molecule has 0 amide bonds. The van der Waals surface area contributed by atoms with Crippen molar-refractivity contribution in [2.24, 2.45) is 0 Å². The van der Waals surface area contributed by atoms with E-state index < -0.39 is 0 Å². The summed E-state index contributed by atoms with van der Waals surface area (Å²) in [5.41, 5.74) is 0. The van der Waals surface area contributed by atoms with E-state index in [1.807, 2.05) is 0 Å². The van der Waals surface area contributed by atoms with Crippen molar-refractivity contribution in [1.82, 2.24) is 10.0 Å². The standard InChI is InChI=1S/C8H14N2S/c1-2-4-9(3-1)10-5-7-11-8-6-10/h1,3H,2,4-8H2. The largest absolute Gasteiger partial charge is 0.313 e. The van der Waals surface area contributed by atoms with Crippen molar-refractivity contribution in [2.45, 2.75) is 6.42 Å². The second-order valence-electron chi connectivity index (χ2n) is 2.90. The molecule has 2 aliphatic heterocycles. The molecular weight excluding hydrogens is 156 g/mol. The Bertz CT molecular complexity index is 152. The molecule has 2 rings (SSSR count). The van der Waals surface area contributed by atoms with E-state index in [-0.39, 0.29) is 0 Å². The second kappa shape index (κ2) is 3.50. The molecule has 1 saturated heterocycles. The van der Waals surface area contributed by atoms with Gasteiger partial charge in [-0.2, -0.15) is 11.8 Å². The van der Waals surface area contributed by atoms with Gasteiger partial charge in [-0.05, 0) is 6.42 Å². The zero-order chi connectivity index (χ0) is 7.52. The quantitative estimate of drug-likeness (QED) is 0.583. The molecule has 1 fully saturated rings. The Kier molecular flexibility index (Phi) is 2.38. The average Bonchev–Trinajstić information content (AvgIpc) is 2.58. The predicted octanol–water partition coefficient (Wildman–Crippen LogP) is 1.17. The maximum Gasteiger partial charge on any atom is 0.0375 e. The van der Waals surface area contributed by atoms with E-state index in [1.54, 1.807) is 0 Å². The van der Waals surface area contributed by atoms with Crippen molar-refractivity contribution in [3.8, 4) is 0 Å². The molecule has 0 spiro atoms. The van der Waals surface area contributed by atoms with Crippen LogP contribution in [-0.4, -0.2) is 41.2 Å². The highest BCUT2D eigenvalue weighted by atomic mass is 32.2. The Labute approximate surface area is 72.2 Å². The van der Waals surface area contributed by atoms with Gasteiger partial charge in [-0.1, -0.05) is 6.08 Å². The molecule has 0 aliphatic carbocycles. The SMILES string of the molecule is C1=CN(N2CCSCC2)CC1. The lowest BCUT2D eigenvalue weighted by Crippen LogP contribution is -2.43. The normalized spacial score (nSPS) is 26.4. The molecular formula is C8H14N2S. The maximum atomic E-state index is 2.46. The van der Waals surface area contributed by atoms with Gasteiger partial charge in [-0.25, -0.2) is 5.01 Å². The van der Waals surface area contributed by atoms with E-state index in [0.717, 1.165) is 0 Å². The molecule has 62 valence electrons. The van der Waals surface area contributed by atoms with Crippen LogP contribution in [0.1, 0.15) is 6.42 Å². The van der Waals surface area contributed by atoms with E-state index in [9.17, 15) is 0 Å². The van der Waals surface area contributed by atoms with Crippen LogP contribution in [0, 0.1) is 0 Å². The molecule has 0 unspecified atom stereocenters. The summed E-state index contributed by atoms with van der Waals surface area (Å²) in [6.07, 6.45) is 5.70. The van der Waals surface area contributed by atoms with Gasteiger partial charge in [0.25, 0.3) is 0 Å². The molecule has 0 aromatic rings. The van der Waals surface area contributed by atoms with E-state index in [1.165, 1.54) is 37.6 Å². The van der Waals surface area contributed by atoms with Crippen molar-refractivity contribution in [3.63, 3.8) is 0 Å².